The van der Waals surface area contributed by atoms with E-state index in [-0.39, 0.29) is 6.42 Å². The van der Waals surface area contributed by atoms with Crippen LogP contribution in [0.3, 0.4) is 0 Å². The fraction of sp³-hybridized carbons (Fsp3) is 0.462. The summed E-state index contributed by atoms with van der Waals surface area (Å²) < 4.78 is 0. The summed E-state index contributed by atoms with van der Waals surface area (Å²) in [5, 5.41) is 12.2. The SMILES string of the molecule is CN(CCC[NH2+]CCC(=O)[O-])c1ccccc1. The molecule has 4 heteroatoms. The van der Waals surface area contributed by atoms with Crippen molar-refractivity contribution in [1.82, 2.24) is 0 Å². The van der Waals surface area contributed by atoms with Crippen molar-refractivity contribution in [3.63, 3.8) is 0 Å². The maximum absolute atomic E-state index is 10.2. The summed E-state index contributed by atoms with van der Waals surface area (Å²) in [6, 6.07) is 10.2. The Balaban J connectivity index is 2.09. The average Bonchev–Trinajstić information content (AvgIpc) is 2.34. The van der Waals surface area contributed by atoms with Crippen LogP contribution in [0.2, 0.25) is 0 Å². The maximum Gasteiger partial charge on any atom is 0.0808 e. The molecule has 1 aromatic rings. The molecule has 0 atom stereocenters. The Kier molecular flexibility index (Phi) is 6.10. The molecular formula is C13H20N2O2. The van der Waals surface area contributed by atoms with E-state index < -0.39 is 5.97 Å². The van der Waals surface area contributed by atoms with E-state index in [1.165, 1.54) is 5.69 Å². The van der Waals surface area contributed by atoms with Crippen molar-refractivity contribution >= 4 is 11.7 Å². The molecule has 4 nitrogen and oxygen atoms in total. The van der Waals surface area contributed by atoms with Crippen LogP contribution in [-0.2, 0) is 4.79 Å². The van der Waals surface area contributed by atoms with E-state index in [1.54, 1.807) is 0 Å². The number of nitrogens with zero attached hydrogens (tertiary/aromatic N) is 1. The van der Waals surface area contributed by atoms with Crippen LogP contribution in [0.4, 0.5) is 5.69 Å². The number of carbonyl (C=O) groups excluding carboxylic acids is 1. The number of aliphatic carboxylic acids is 1. The van der Waals surface area contributed by atoms with Gasteiger partial charge in [-0.05, 0) is 12.1 Å². The van der Waals surface area contributed by atoms with Gasteiger partial charge in [-0.25, -0.2) is 0 Å². The van der Waals surface area contributed by atoms with Crippen LogP contribution >= 0.6 is 0 Å². The maximum atomic E-state index is 10.2. The molecular weight excluding hydrogens is 216 g/mol. The third-order valence-corrected chi connectivity index (χ3v) is 2.65. The predicted octanol–water partition coefficient (Wildman–Crippen LogP) is -0.784. The van der Waals surface area contributed by atoms with Crippen LogP contribution in [0.5, 0.6) is 0 Å². The number of anilines is 1. The Hall–Kier alpha value is -1.55. The number of nitrogens with two attached hydrogens (primary N) is 1. The zero-order valence-electron chi connectivity index (χ0n) is 10.3. The van der Waals surface area contributed by atoms with Crippen molar-refractivity contribution < 1.29 is 15.2 Å². The standard InChI is InChI=1S/C13H20N2O2/c1-15(12-6-3-2-4-7-12)11-5-9-14-10-8-13(16)17/h2-4,6-7,14H,5,8-11H2,1H3,(H,16,17). The van der Waals surface area contributed by atoms with Crippen molar-refractivity contribution in [2.75, 3.05) is 31.6 Å². The Morgan fingerprint density at radius 1 is 1.29 bits per heavy atom. The molecule has 0 radical (unpaired) electrons. The molecule has 0 saturated heterocycles. The summed E-state index contributed by atoms with van der Waals surface area (Å²) in [6.07, 6.45) is 1.17. The second kappa shape index (κ2) is 7.68. The molecule has 0 aromatic heterocycles. The first-order valence-corrected chi connectivity index (χ1v) is 5.98. The van der Waals surface area contributed by atoms with Gasteiger partial charge in [-0.15, -0.1) is 0 Å². The number of quaternary nitrogens is 1. The van der Waals surface area contributed by atoms with Gasteiger partial charge >= 0.3 is 0 Å². The monoisotopic (exact) mass is 236 g/mol. The zero-order valence-corrected chi connectivity index (χ0v) is 10.3. The molecule has 1 aromatic carbocycles. The molecule has 0 aliphatic heterocycles. The van der Waals surface area contributed by atoms with E-state index in [2.05, 4.69) is 24.1 Å². The van der Waals surface area contributed by atoms with Gasteiger partial charge in [0.1, 0.15) is 0 Å². The molecule has 0 spiro atoms. The van der Waals surface area contributed by atoms with Crippen LogP contribution in [0.15, 0.2) is 30.3 Å². The molecule has 0 amide bonds. The first kappa shape index (κ1) is 13.5. The molecule has 0 aliphatic rings. The Bertz CT molecular complexity index is 327. The molecule has 0 aliphatic carbocycles. The van der Waals surface area contributed by atoms with Gasteiger partial charge in [-0.3, -0.25) is 0 Å². The second-order valence-corrected chi connectivity index (χ2v) is 4.10. The molecule has 0 unspecified atom stereocenters. The lowest BCUT2D eigenvalue weighted by Crippen LogP contribution is -2.84. The van der Waals surface area contributed by atoms with Gasteiger partial charge in [0.2, 0.25) is 0 Å². The van der Waals surface area contributed by atoms with Crippen molar-refractivity contribution in [2.24, 2.45) is 0 Å². The predicted molar refractivity (Wildman–Crippen MR) is 65.6 cm³/mol. The van der Waals surface area contributed by atoms with Gasteiger partial charge < -0.3 is 20.1 Å². The fourth-order valence-corrected chi connectivity index (χ4v) is 1.65. The topological polar surface area (TPSA) is 60.0 Å². The van der Waals surface area contributed by atoms with E-state index in [9.17, 15) is 9.90 Å². The van der Waals surface area contributed by atoms with Crippen molar-refractivity contribution in [2.45, 2.75) is 12.8 Å². The third-order valence-electron chi connectivity index (χ3n) is 2.65. The highest BCUT2D eigenvalue weighted by Gasteiger charge is 1.99. The molecule has 1 rings (SSSR count). The Morgan fingerprint density at radius 3 is 2.65 bits per heavy atom. The highest BCUT2D eigenvalue weighted by Crippen LogP contribution is 2.10. The van der Waals surface area contributed by atoms with Crippen molar-refractivity contribution in [3.05, 3.63) is 30.3 Å². The van der Waals surface area contributed by atoms with Gasteiger partial charge in [0.05, 0.1) is 13.1 Å². The number of benzene rings is 1. The Morgan fingerprint density at radius 2 is 2.00 bits per heavy atom. The fourth-order valence-electron chi connectivity index (χ4n) is 1.65. The van der Waals surface area contributed by atoms with Gasteiger partial charge in [0.25, 0.3) is 0 Å². The lowest BCUT2D eigenvalue weighted by atomic mass is 10.3. The Labute approximate surface area is 102 Å². The molecule has 2 N–H and O–H groups in total. The summed E-state index contributed by atoms with van der Waals surface area (Å²) in [5.74, 6) is -0.970. The molecule has 94 valence electrons. The van der Waals surface area contributed by atoms with E-state index in [0.29, 0.717) is 6.54 Å². The lowest BCUT2D eigenvalue weighted by molar-refractivity contribution is -0.654. The van der Waals surface area contributed by atoms with Crippen molar-refractivity contribution in [1.29, 1.82) is 0 Å². The largest absolute Gasteiger partial charge is 0.550 e. The number of hydrogen-bond donors (Lipinski definition) is 1. The first-order valence-electron chi connectivity index (χ1n) is 5.98. The smallest absolute Gasteiger partial charge is 0.0808 e. The summed E-state index contributed by atoms with van der Waals surface area (Å²) in [7, 11) is 2.07. The van der Waals surface area contributed by atoms with Crippen LogP contribution in [-0.4, -0.2) is 32.7 Å². The summed E-state index contributed by atoms with van der Waals surface area (Å²) in [5.41, 5.74) is 1.21. The first-order chi connectivity index (χ1) is 8.20. The molecule has 17 heavy (non-hydrogen) atoms. The normalized spacial score (nSPS) is 10.2. The van der Waals surface area contributed by atoms with Crippen LogP contribution in [0, 0.1) is 0 Å². The molecule has 0 fully saturated rings. The molecule has 0 saturated carbocycles. The lowest BCUT2D eigenvalue weighted by Gasteiger charge is -2.18. The van der Waals surface area contributed by atoms with Gasteiger partial charge in [0.15, 0.2) is 0 Å². The van der Waals surface area contributed by atoms with E-state index >= 15 is 0 Å². The minimum absolute atomic E-state index is 0.133. The number of carboxylic acid groups (broad SMARTS) is 1. The number of carbonyl (C=O) groups is 1. The average molecular weight is 236 g/mol. The van der Waals surface area contributed by atoms with E-state index in [4.69, 9.17) is 0 Å². The number of hydrogen-bond acceptors (Lipinski definition) is 3. The number of para-hydroxylation sites is 1. The summed E-state index contributed by atoms with van der Waals surface area (Å²) in [4.78, 5) is 12.4. The van der Waals surface area contributed by atoms with E-state index in [1.807, 2.05) is 23.5 Å². The third kappa shape index (κ3) is 5.92. The zero-order chi connectivity index (χ0) is 12.5. The second-order valence-electron chi connectivity index (χ2n) is 4.10. The summed E-state index contributed by atoms with van der Waals surface area (Å²) >= 11 is 0. The van der Waals surface area contributed by atoms with Crippen LogP contribution in [0.25, 0.3) is 0 Å². The van der Waals surface area contributed by atoms with Crippen LogP contribution in [0.1, 0.15) is 12.8 Å². The minimum Gasteiger partial charge on any atom is -0.550 e. The quantitative estimate of drug-likeness (QED) is 0.602. The number of carboxylic acids is 1. The van der Waals surface area contributed by atoms with Gasteiger partial charge in [-0.2, -0.15) is 0 Å². The summed E-state index contributed by atoms with van der Waals surface area (Å²) in [6.45, 7) is 2.54. The van der Waals surface area contributed by atoms with Gasteiger partial charge in [0, 0.05) is 38.1 Å². The van der Waals surface area contributed by atoms with Gasteiger partial charge in [-0.1, -0.05) is 18.2 Å². The minimum atomic E-state index is -0.970. The molecule has 0 heterocycles. The van der Waals surface area contributed by atoms with Crippen LogP contribution < -0.4 is 15.3 Å². The number of rotatable bonds is 8. The van der Waals surface area contributed by atoms with E-state index in [0.717, 1.165) is 19.5 Å². The highest BCUT2D eigenvalue weighted by molar-refractivity contribution is 5.64. The molecule has 0 bridgehead atoms. The highest BCUT2D eigenvalue weighted by atomic mass is 16.4. The van der Waals surface area contributed by atoms with Crippen molar-refractivity contribution in [3.8, 4) is 0 Å².